The number of hydrogen-bond donors (Lipinski definition) is 0. The average Bonchev–Trinajstić information content (AvgIpc) is 3.70. The molecule has 1 aromatic heterocycles. The van der Waals surface area contributed by atoms with E-state index in [9.17, 15) is 9.18 Å². The van der Waals surface area contributed by atoms with Crippen LogP contribution in [-0.4, -0.2) is 35.4 Å². The molecule has 6 nitrogen and oxygen atoms in total. The van der Waals surface area contributed by atoms with Crippen molar-refractivity contribution in [3.05, 3.63) is 65.8 Å². The lowest BCUT2D eigenvalue weighted by atomic mass is 9.41. The number of amides is 1. The van der Waals surface area contributed by atoms with E-state index in [0.29, 0.717) is 38.3 Å². The van der Waals surface area contributed by atoms with Gasteiger partial charge in [-0.25, -0.2) is 4.39 Å². The van der Waals surface area contributed by atoms with Gasteiger partial charge < -0.3 is 14.2 Å². The maximum absolute atomic E-state index is 14.6. The van der Waals surface area contributed by atoms with Gasteiger partial charge in [0.1, 0.15) is 5.67 Å². The minimum absolute atomic E-state index is 0.0138. The normalized spacial score (nSPS) is 33.2. The highest BCUT2D eigenvalue weighted by atomic mass is 19.1. The summed E-state index contributed by atoms with van der Waals surface area (Å²) in [7, 11) is 1.70. The zero-order valence-electron chi connectivity index (χ0n) is 23.8. The third-order valence-electron chi connectivity index (χ3n) is 11.2. The third-order valence-corrected chi connectivity index (χ3v) is 11.2. The largest absolute Gasteiger partial charge is 0.380 e. The Morgan fingerprint density at radius 1 is 1.00 bits per heavy atom. The highest BCUT2D eigenvalue weighted by Crippen LogP contribution is 2.70. The summed E-state index contributed by atoms with van der Waals surface area (Å²) in [6.45, 7) is 1.27. The molecule has 0 saturated heterocycles. The van der Waals surface area contributed by atoms with E-state index in [-0.39, 0.29) is 16.7 Å². The van der Waals surface area contributed by atoms with E-state index in [2.05, 4.69) is 47.6 Å². The van der Waals surface area contributed by atoms with Gasteiger partial charge in [-0.2, -0.15) is 4.98 Å². The maximum atomic E-state index is 14.6. The lowest BCUT2D eigenvalue weighted by Crippen LogP contribution is -2.71. The monoisotopic (exact) mass is 555 g/mol. The summed E-state index contributed by atoms with van der Waals surface area (Å²) < 4.78 is 25.7. The van der Waals surface area contributed by atoms with E-state index in [1.54, 1.807) is 7.11 Å². The highest BCUT2D eigenvalue weighted by Gasteiger charge is 2.73. The van der Waals surface area contributed by atoms with Crippen molar-refractivity contribution in [2.45, 2.75) is 94.2 Å². The van der Waals surface area contributed by atoms with Crippen LogP contribution < -0.4 is 4.90 Å². The van der Waals surface area contributed by atoms with Gasteiger partial charge in [-0.1, -0.05) is 41.6 Å². The van der Waals surface area contributed by atoms with E-state index in [1.807, 2.05) is 11.0 Å². The predicted octanol–water partition coefficient (Wildman–Crippen LogP) is 7.28. The molecule has 0 unspecified atom stereocenters. The predicted molar refractivity (Wildman–Crippen MR) is 153 cm³/mol. The summed E-state index contributed by atoms with van der Waals surface area (Å²) in [4.78, 5) is 21.1. The van der Waals surface area contributed by atoms with Crippen molar-refractivity contribution in [3.8, 4) is 11.1 Å². The number of rotatable bonds is 9. The molecule has 7 aliphatic rings. The molecule has 1 amide bonds. The number of anilines is 1. The molecule has 7 heteroatoms. The van der Waals surface area contributed by atoms with Gasteiger partial charge in [0.2, 0.25) is 11.8 Å². The molecule has 10 rings (SSSR count). The molecule has 41 heavy (non-hydrogen) atoms. The number of carbonyl (C=O) groups is 1. The number of benzene rings is 2. The summed E-state index contributed by atoms with van der Waals surface area (Å²) in [6.07, 6.45) is 9.67. The first-order valence-electron chi connectivity index (χ1n) is 15.4. The minimum atomic E-state index is -1.11. The Kier molecular flexibility index (Phi) is 5.61. The van der Waals surface area contributed by atoms with E-state index >= 15 is 0 Å². The van der Waals surface area contributed by atoms with Crippen LogP contribution in [0, 0.1) is 10.8 Å². The Morgan fingerprint density at radius 2 is 1.71 bits per heavy atom. The lowest BCUT2D eigenvalue weighted by Gasteiger charge is -2.65. The lowest BCUT2D eigenvalue weighted by molar-refractivity contribution is -0.211. The van der Waals surface area contributed by atoms with Gasteiger partial charge in [-0.15, -0.1) is 0 Å². The zero-order valence-corrected chi connectivity index (χ0v) is 23.8. The van der Waals surface area contributed by atoms with Gasteiger partial charge in [0.15, 0.2) is 5.82 Å². The molecule has 2 aromatic carbocycles. The number of hydrogen-bond acceptors (Lipinski definition) is 5. The van der Waals surface area contributed by atoms with Crippen LogP contribution in [0.4, 0.5) is 10.1 Å². The van der Waals surface area contributed by atoms with E-state index in [1.165, 1.54) is 12.8 Å². The van der Waals surface area contributed by atoms with Gasteiger partial charge in [0, 0.05) is 30.7 Å². The van der Waals surface area contributed by atoms with Crippen molar-refractivity contribution in [3.63, 3.8) is 0 Å². The van der Waals surface area contributed by atoms with Gasteiger partial charge in [0.05, 0.1) is 12.0 Å². The fourth-order valence-corrected chi connectivity index (χ4v) is 8.39. The van der Waals surface area contributed by atoms with Gasteiger partial charge in [-0.05, 0) is 105 Å². The Morgan fingerprint density at radius 3 is 2.34 bits per heavy atom. The molecule has 1 heterocycles. The fourth-order valence-electron chi connectivity index (χ4n) is 8.39. The molecule has 214 valence electrons. The SMILES string of the molecule is COCc1ccc(-c2cccc(N(CC34CCC(c5nc(C6CC6)no5)(CC3)CC4)C(=O)C34CC(F)(C3)C4)c2)cc1. The van der Waals surface area contributed by atoms with Crippen molar-refractivity contribution in [2.75, 3.05) is 18.6 Å². The number of methoxy groups -OCH3 is 1. The standard InChI is InChI=1S/C34H38FN3O3/c1-40-18-23-5-7-24(8-6-23)26-3-2-4-27(17-26)38(30(39)33-19-34(35,20-33)21-33)22-31-11-14-32(15-12-31,16-13-31)29-36-28(37-41-29)25-9-10-25/h2-8,17,25H,9-16,18-22H2,1H3. The fraction of sp³-hybridized carbons (Fsp3) is 0.559. The van der Waals surface area contributed by atoms with Crippen LogP contribution in [0.3, 0.4) is 0 Å². The van der Waals surface area contributed by atoms with E-state index < -0.39 is 11.1 Å². The summed E-state index contributed by atoms with van der Waals surface area (Å²) in [5.74, 6) is 2.35. The second-order valence-electron chi connectivity index (χ2n) is 14.0. The van der Waals surface area contributed by atoms with Crippen molar-refractivity contribution < 1.29 is 18.4 Å². The molecule has 7 aliphatic carbocycles. The van der Waals surface area contributed by atoms with Crippen LogP contribution in [0.1, 0.15) is 93.8 Å². The smallest absolute Gasteiger partial charge is 0.233 e. The summed E-state index contributed by atoms with van der Waals surface area (Å²) in [5, 5.41) is 4.32. The van der Waals surface area contributed by atoms with Crippen LogP contribution >= 0.6 is 0 Å². The molecular weight excluding hydrogens is 517 g/mol. The van der Waals surface area contributed by atoms with Gasteiger partial charge >= 0.3 is 0 Å². The highest BCUT2D eigenvalue weighted by molar-refractivity contribution is 6.00. The molecule has 0 N–H and O–H groups in total. The van der Waals surface area contributed by atoms with Crippen molar-refractivity contribution in [2.24, 2.45) is 10.8 Å². The molecule has 7 saturated carbocycles. The molecule has 0 aliphatic heterocycles. The van der Waals surface area contributed by atoms with Crippen LogP contribution in [-0.2, 0) is 21.6 Å². The molecule has 3 aromatic rings. The number of nitrogens with zero attached hydrogens (tertiary/aromatic N) is 3. The molecular formula is C34H38FN3O3. The average molecular weight is 556 g/mol. The molecule has 0 radical (unpaired) electrons. The van der Waals surface area contributed by atoms with Crippen molar-refractivity contribution >= 4 is 11.6 Å². The molecule has 0 spiro atoms. The van der Waals surface area contributed by atoms with E-state index in [4.69, 9.17) is 14.2 Å². The van der Waals surface area contributed by atoms with Crippen LogP contribution in [0.5, 0.6) is 0 Å². The Hall–Kier alpha value is -3.06. The molecule has 0 atom stereocenters. The van der Waals surface area contributed by atoms with Gasteiger partial charge in [-0.3, -0.25) is 4.79 Å². The number of fused-ring (bicyclic) bond motifs is 3. The first kappa shape index (κ1) is 25.6. The first-order chi connectivity index (χ1) is 19.8. The minimum Gasteiger partial charge on any atom is -0.380 e. The number of aromatic nitrogens is 2. The maximum Gasteiger partial charge on any atom is 0.233 e. The quantitative estimate of drug-likeness (QED) is 0.278. The number of alkyl halides is 1. The summed E-state index contributed by atoms with van der Waals surface area (Å²) >= 11 is 0. The first-order valence-corrected chi connectivity index (χ1v) is 15.4. The van der Waals surface area contributed by atoms with Crippen LogP contribution in [0.25, 0.3) is 11.1 Å². The van der Waals surface area contributed by atoms with Gasteiger partial charge in [0.25, 0.3) is 0 Å². The van der Waals surface area contributed by atoms with Crippen molar-refractivity contribution in [1.82, 2.24) is 10.1 Å². The van der Waals surface area contributed by atoms with E-state index in [0.717, 1.165) is 72.6 Å². The van der Waals surface area contributed by atoms with Crippen LogP contribution in [0.15, 0.2) is 53.1 Å². The van der Waals surface area contributed by atoms with Crippen LogP contribution in [0.2, 0.25) is 0 Å². The Bertz CT molecular complexity index is 1450. The number of ether oxygens (including phenoxy) is 1. The third kappa shape index (κ3) is 4.17. The topological polar surface area (TPSA) is 68.5 Å². The van der Waals surface area contributed by atoms with Crippen molar-refractivity contribution in [1.29, 1.82) is 0 Å². The Labute approximate surface area is 240 Å². The second-order valence-corrected chi connectivity index (χ2v) is 14.0. The zero-order chi connectivity index (χ0) is 27.9. The second kappa shape index (κ2) is 8.97. The molecule has 4 bridgehead atoms. The summed E-state index contributed by atoms with van der Waals surface area (Å²) in [5.41, 5.74) is 2.66. The molecule has 7 fully saturated rings. The number of halogens is 1. The number of carbonyl (C=O) groups excluding carboxylic acids is 1. The summed E-state index contributed by atoms with van der Waals surface area (Å²) in [6, 6.07) is 16.7. The Balaban J connectivity index is 1.06.